The quantitative estimate of drug-likeness (QED) is 0.570. The molecular formula is C16H25FN4O. The average molecular weight is 308 g/mol. The molecule has 0 amide bonds. The van der Waals surface area contributed by atoms with Crippen molar-refractivity contribution < 1.29 is 9.50 Å². The second-order valence-corrected chi connectivity index (χ2v) is 5.56. The van der Waals surface area contributed by atoms with Gasteiger partial charge in [-0.25, -0.2) is 10.2 Å². The monoisotopic (exact) mass is 308 g/mol. The van der Waals surface area contributed by atoms with Crippen LogP contribution in [0, 0.1) is 5.82 Å². The van der Waals surface area contributed by atoms with Crippen molar-refractivity contribution in [2.75, 3.05) is 24.7 Å². The lowest BCUT2D eigenvalue weighted by molar-refractivity contribution is 0.263. The van der Waals surface area contributed by atoms with Gasteiger partial charge in [0, 0.05) is 13.1 Å². The predicted octanol–water partition coefficient (Wildman–Crippen LogP) is 1.67. The van der Waals surface area contributed by atoms with E-state index in [4.69, 9.17) is 11.6 Å². The van der Waals surface area contributed by atoms with Gasteiger partial charge in [0.2, 0.25) is 0 Å². The molecule has 1 aromatic rings. The first-order chi connectivity index (χ1) is 10.6. The van der Waals surface area contributed by atoms with Crippen molar-refractivity contribution in [1.29, 1.82) is 0 Å². The number of rotatable bonds is 5. The molecule has 1 aliphatic heterocycles. The molecule has 0 saturated carbocycles. The zero-order valence-electron chi connectivity index (χ0n) is 13.1. The van der Waals surface area contributed by atoms with E-state index >= 15 is 0 Å². The largest absolute Gasteiger partial charge is 0.397 e. The van der Waals surface area contributed by atoms with E-state index in [0.717, 1.165) is 44.3 Å². The number of piperidine rings is 1. The first kappa shape index (κ1) is 16.6. The smallest absolute Gasteiger partial charge is 0.148 e. The fourth-order valence-electron chi connectivity index (χ4n) is 2.76. The summed E-state index contributed by atoms with van der Waals surface area (Å²) in [7, 11) is 0. The molecule has 0 spiro atoms. The fraction of sp³-hybridized carbons (Fsp3) is 0.500. The highest BCUT2D eigenvalue weighted by molar-refractivity contribution is 5.53. The van der Waals surface area contributed by atoms with Gasteiger partial charge in [-0.15, -0.1) is 0 Å². The van der Waals surface area contributed by atoms with Gasteiger partial charge >= 0.3 is 0 Å². The lowest BCUT2D eigenvalue weighted by Gasteiger charge is -2.36. The minimum absolute atomic E-state index is 0.255. The van der Waals surface area contributed by atoms with E-state index < -0.39 is 5.82 Å². The maximum absolute atomic E-state index is 14.2. The van der Waals surface area contributed by atoms with Gasteiger partial charge in [0.25, 0.3) is 0 Å². The number of hydrogen-bond donors (Lipinski definition) is 3. The molecule has 1 aromatic carbocycles. The van der Waals surface area contributed by atoms with Gasteiger partial charge in [0.05, 0.1) is 18.0 Å². The Morgan fingerprint density at radius 3 is 2.59 bits per heavy atom. The second kappa shape index (κ2) is 7.47. The molecule has 2 rings (SSSR count). The summed E-state index contributed by atoms with van der Waals surface area (Å²) in [5.74, 6) is 6.27. The van der Waals surface area contributed by atoms with Gasteiger partial charge in [0.1, 0.15) is 11.6 Å². The van der Waals surface area contributed by atoms with Crippen LogP contribution in [0.15, 0.2) is 29.7 Å². The molecule has 1 saturated heterocycles. The summed E-state index contributed by atoms with van der Waals surface area (Å²) in [5, 5.41) is 10.7. The first-order valence-electron chi connectivity index (χ1n) is 7.76. The van der Waals surface area contributed by atoms with Crippen molar-refractivity contribution in [1.82, 2.24) is 4.90 Å². The Hall–Kier alpha value is -1.79. The third-order valence-electron chi connectivity index (χ3n) is 4.02. The first-order valence-corrected chi connectivity index (χ1v) is 7.76. The molecule has 1 aliphatic rings. The number of nitrogens with zero attached hydrogens (tertiary/aromatic N) is 2. The van der Waals surface area contributed by atoms with Gasteiger partial charge in [-0.1, -0.05) is 13.0 Å². The van der Waals surface area contributed by atoms with Crippen LogP contribution < -0.4 is 16.6 Å². The highest BCUT2D eigenvalue weighted by Gasteiger charge is 2.23. The van der Waals surface area contributed by atoms with Crippen molar-refractivity contribution in [3.8, 4) is 0 Å². The van der Waals surface area contributed by atoms with Gasteiger partial charge in [-0.05, 0) is 43.4 Å². The topological polar surface area (TPSA) is 78.8 Å². The second-order valence-electron chi connectivity index (χ2n) is 5.56. The number of likely N-dealkylation sites (tertiary alicyclic amines) is 1. The number of aryl methyl sites for hydroxylation is 1. The molecule has 1 fully saturated rings. The summed E-state index contributed by atoms with van der Waals surface area (Å²) in [6.45, 7) is 3.30. The Bertz CT molecular complexity index is 541. The third kappa shape index (κ3) is 3.51. The number of halogens is 1. The Balaban J connectivity index is 2.39. The average Bonchev–Trinajstić information content (AvgIpc) is 2.56. The Kier molecular flexibility index (Phi) is 5.63. The van der Waals surface area contributed by atoms with E-state index in [-0.39, 0.29) is 18.0 Å². The highest BCUT2D eigenvalue weighted by atomic mass is 19.1. The number of hydrogen-bond acceptors (Lipinski definition) is 5. The number of benzene rings is 1. The van der Waals surface area contributed by atoms with Crippen LogP contribution in [0.25, 0.3) is 0 Å². The van der Waals surface area contributed by atoms with E-state index in [2.05, 4.69) is 0 Å². The van der Waals surface area contributed by atoms with E-state index in [9.17, 15) is 9.50 Å². The maximum Gasteiger partial charge on any atom is 0.148 e. The molecule has 0 unspecified atom stereocenters. The van der Waals surface area contributed by atoms with E-state index in [1.54, 1.807) is 12.1 Å². The van der Waals surface area contributed by atoms with Crippen LogP contribution in [0.1, 0.15) is 31.7 Å². The van der Waals surface area contributed by atoms with E-state index in [1.807, 2.05) is 11.8 Å². The molecule has 22 heavy (non-hydrogen) atoms. The predicted molar refractivity (Wildman–Crippen MR) is 86.2 cm³/mol. The minimum atomic E-state index is -0.403. The SMILES string of the molecule is CCc1ccc(F)c(N(N)/C(=C(\N)CO)N2CCCCC2)c1. The van der Waals surface area contributed by atoms with Crippen LogP contribution >= 0.6 is 0 Å². The molecule has 0 bridgehead atoms. The molecule has 0 atom stereocenters. The van der Waals surface area contributed by atoms with Gasteiger partial charge < -0.3 is 15.7 Å². The van der Waals surface area contributed by atoms with Gasteiger partial charge in [0.15, 0.2) is 0 Å². The third-order valence-corrected chi connectivity index (χ3v) is 4.02. The molecule has 0 radical (unpaired) electrons. The lowest BCUT2D eigenvalue weighted by atomic mass is 10.1. The summed E-state index contributed by atoms with van der Waals surface area (Å²) >= 11 is 0. The number of nitrogens with two attached hydrogens (primary N) is 2. The lowest BCUT2D eigenvalue weighted by Crippen LogP contribution is -2.45. The van der Waals surface area contributed by atoms with Crippen LogP contribution in [0.3, 0.4) is 0 Å². The van der Waals surface area contributed by atoms with Crippen molar-refractivity contribution >= 4 is 5.69 Å². The number of aliphatic hydroxyl groups is 1. The van der Waals surface area contributed by atoms with Gasteiger partial charge in [-0.3, -0.25) is 5.01 Å². The van der Waals surface area contributed by atoms with E-state index in [1.165, 1.54) is 11.1 Å². The molecule has 122 valence electrons. The van der Waals surface area contributed by atoms with Crippen LogP contribution in [0.2, 0.25) is 0 Å². The van der Waals surface area contributed by atoms with Crippen LogP contribution in [0.5, 0.6) is 0 Å². The standard InChI is InChI=1S/C16H25FN4O/c1-2-12-6-7-13(17)15(10-12)21(19)16(14(18)11-22)20-8-4-3-5-9-20/h6-7,10,22H,2-5,8-9,11,18-19H2,1H3/b16-14-. The summed E-state index contributed by atoms with van der Waals surface area (Å²) < 4.78 is 14.2. The number of aliphatic hydroxyl groups excluding tert-OH is 1. The Labute approximate surface area is 131 Å². The van der Waals surface area contributed by atoms with Crippen LogP contribution in [0.4, 0.5) is 10.1 Å². The van der Waals surface area contributed by atoms with Crippen molar-refractivity contribution in [3.63, 3.8) is 0 Å². The van der Waals surface area contributed by atoms with Crippen LogP contribution in [-0.2, 0) is 6.42 Å². The molecule has 5 nitrogen and oxygen atoms in total. The van der Waals surface area contributed by atoms with Crippen molar-refractivity contribution in [2.45, 2.75) is 32.6 Å². The minimum Gasteiger partial charge on any atom is -0.397 e. The number of hydrazine groups is 1. The molecule has 0 aliphatic carbocycles. The molecule has 0 aromatic heterocycles. The fourth-order valence-corrected chi connectivity index (χ4v) is 2.76. The van der Waals surface area contributed by atoms with Crippen molar-refractivity contribution in [3.05, 3.63) is 41.1 Å². The molecule has 5 N–H and O–H groups in total. The molecular weight excluding hydrogens is 283 g/mol. The van der Waals surface area contributed by atoms with Gasteiger partial charge in [-0.2, -0.15) is 0 Å². The highest BCUT2D eigenvalue weighted by Crippen LogP contribution is 2.26. The van der Waals surface area contributed by atoms with Crippen molar-refractivity contribution in [2.24, 2.45) is 11.6 Å². The summed E-state index contributed by atoms with van der Waals surface area (Å²) in [4.78, 5) is 2.02. The maximum atomic E-state index is 14.2. The zero-order chi connectivity index (χ0) is 16.1. The summed E-state index contributed by atoms with van der Waals surface area (Å²) in [5.41, 5.74) is 7.47. The Morgan fingerprint density at radius 1 is 1.32 bits per heavy atom. The molecule has 6 heteroatoms. The normalized spacial score (nSPS) is 16.5. The number of anilines is 1. The zero-order valence-corrected chi connectivity index (χ0v) is 13.1. The van der Waals surface area contributed by atoms with Crippen LogP contribution in [-0.4, -0.2) is 29.7 Å². The van der Waals surface area contributed by atoms with E-state index in [0.29, 0.717) is 5.82 Å². The summed E-state index contributed by atoms with van der Waals surface area (Å²) in [6, 6.07) is 4.88. The molecule has 1 heterocycles. The Morgan fingerprint density at radius 2 is 2.00 bits per heavy atom. The summed E-state index contributed by atoms with van der Waals surface area (Å²) in [6.07, 6.45) is 4.02.